The van der Waals surface area contributed by atoms with Crippen LogP contribution in [0.5, 0.6) is 0 Å². The van der Waals surface area contributed by atoms with Gasteiger partial charge < -0.3 is 0 Å². The molecule has 0 radical (unpaired) electrons. The van der Waals surface area contributed by atoms with Crippen LogP contribution in [0.1, 0.15) is 422 Å². The van der Waals surface area contributed by atoms with Gasteiger partial charge in [-0.3, -0.25) is 0 Å². The standard InChI is InChI=1S/C21H28ClF.2C21H28F2.C20H26F2.C19H24F2.C19H25F/c3*1-2-6-18-13-14-19(21(23)20(18)22)17-11-9-16(10-12-17)15-7-4-3-5-8-15;1-2-14-12-13-18(20(22)19(14)21)17-10-8-16(9-11-17)15-6-4-3-5-7-15;1-13-7-12-17(19(21)18(13)20)16-10-8-15(9-11-16)14-5-3-2-4-6-14;1-14-7-12-18(19(20)13-14)17-10-8-16(9-11-17)15-5-3-2-4-6-15/h3*11,13-16H,2-10,12H2,1H3;10,12-13,15-16H,2-9,11H2,1H3;7,10,12,14-15H,2-6,8-9,11H2,1H3;7,10,12-13,15-16H,2-6,8-9,11H2,1H3. The van der Waals surface area contributed by atoms with Crippen LogP contribution in [0.2, 0.25) is 5.02 Å². The molecule has 0 heterocycles. The van der Waals surface area contributed by atoms with Crippen LogP contribution in [0, 0.1) is 143 Å². The van der Waals surface area contributed by atoms with Gasteiger partial charge in [0.1, 0.15) is 11.6 Å². The highest BCUT2D eigenvalue weighted by Crippen LogP contribution is 2.49. The van der Waals surface area contributed by atoms with Gasteiger partial charge in [-0.2, -0.15) is 0 Å². The minimum atomic E-state index is -0.692. The second kappa shape index (κ2) is 52.2. The first-order valence-corrected chi connectivity index (χ1v) is 53.8. The molecule has 12 aliphatic rings. The van der Waals surface area contributed by atoms with Crippen LogP contribution in [0.15, 0.2) is 115 Å². The van der Waals surface area contributed by atoms with Crippen LogP contribution in [0.4, 0.5) is 43.9 Å². The van der Waals surface area contributed by atoms with Gasteiger partial charge in [-0.25, -0.2) is 43.9 Å². The van der Waals surface area contributed by atoms with Crippen LogP contribution in [0.3, 0.4) is 0 Å². The van der Waals surface area contributed by atoms with E-state index >= 15 is 0 Å². The second-order valence-electron chi connectivity index (χ2n) is 42.2. The molecule has 18 rings (SSSR count). The summed E-state index contributed by atoms with van der Waals surface area (Å²) in [5, 5.41) is 0.333. The molecule has 0 aliphatic heterocycles. The van der Waals surface area contributed by atoms with Gasteiger partial charge in [0.05, 0.1) is 5.02 Å². The lowest BCUT2D eigenvalue weighted by Crippen LogP contribution is -2.19. The molecule has 11 heteroatoms. The van der Waals surface area contributed by atoms with Crippen molar-refractivity contribution in [2.75, 3.05) is 0 Å². The lowest BCUT2D eigenvalue weighted by atomic mass is 9.73. The Kier molecular flexibility index (Phi) is 40.6. The molecule has 6 aromatic rings. The smallest absolute Gasteiger partial charge is 0.166 e. The van der Waals surface area contributed by atoms with E-state index in [2.05, 4.69) is 43.4 Å². The van der Waals surface area contributed by atoms with Gasteiger partial charge >= 0.3 is 0 Å². The predicted molar refractivity (Wildman–Crippen MR) is 535 cm³/mol. The lowest BCUT2D eigenvalue weighted by Gasteiger charge is -2.32. The van der Waals surface area contributed by atoms with Gasteiger partial charge in [0.15, 0.2) is 46.5 Å². The highest BCUT2D eigenvalue weighted by atomic mass is 35.5. The number of rotatable bonds is 19. The summed E-state index contributed by atoms with van der Waals surface area (Å²) < 4.78 is 142. The molecule has 6 unspecified atom stereocenters. The van der Waals surface area contributed by atoms with E-state index < -0.39 is 46.5 Å². The van der Waals surface area contributed by atoms with Gasteiger partial charge in [0.25, 0.3) is 0 Å². The molecule has 0 nitrogen and oxygen atoms in total. The normalized spacial score (nSPS) is 23.4. The maximum absolute atomic E-state index is 14.6. The minimum absolute atomic E-state index is 0.0487. The Bertz CT molecular complexity index is 4610. The van der Waals surface area contributed by atoms with Crippen molar-refractivity contribution >= 4 is 45.0 Å². The maximum Gasteiger partial charge on any atom is 0.166 e. The third-order valence-corrected chi connectivity index (χ3v) is 34.1. The summed E-state index contributed by atoms with van der Waals surface area (Å²) >= 11 is 6.24. The van der Waals surface area contributed by atoms with Crippen molar-refractivity contribution < 1.29 is 43.9 Å². The molecule has 6 atom stereocenters. The molecule has 0 saturated heterocycles. The predicted octanol–water partition coefficient (Wildman–Crippen LogP) is 38.8. The third kappa shape index (κ3) is 27.7. The number of halogens is 11. The first kappa shape index (κ1) is 103. The zero-order valence-corrected chi connectivity index (χ0v) is 82.2. The van der Waals surface area contributed by atoms with E-state index in [0.717, 1.165) is 244 Å². The number of allylic oxidation sites excluding steroid dienone is 12. The number of hydrogen-bond acceptors (Lipinski definition) is 0. The molecule has 0 N–H and O–H groups in total. The summed E-state index contributed by atoms with van der Waals surface area (Å²) in [6, 6.07) is 23.6. The Hall–Kier alpha value is -6.65. The molecule has 0 spiro atoms. The Morgan fingerprint density at radius 2 is 0.470 bits per heavy atom. The summed E-state index contributed by atoms with van der Waals surface area (Å²) in [5.74, 6) is 4.48. The number of aryl methyl sites for hydroxylation is 6. The average molecular weight is 1840 g/mol. The summed E-state index contributed by atoms with van der Waals surface area (Å²) in [6.45, 7) is 11.5. The summed E-state index contributed by atoms with van der Waals surface area (Å²) in [7, 11) is 0. The van der Waals surface area contributed by atoms with Crippen molar-refractivity contribution in [3.63, 3.8) is 0 Å². The monoisotopic (exact) mass is 1840 g/mol. The number of benzene rings is 6. The van der Waals surface area contributed by atoms with Gasteiger partial charge in [-0.15, -0.1) is 0 Å². The van der Waals surface area contributed by atoms with Crippen molar-refractivity contribution in [3.8, 4) is 0 Å². The van der Waals surface area contributed by atoms with Crippen LogP contribution in [0.25, 0.3) is 33.4 Å². The highest BCUT2D eigenvalue weighted by molar-refractivity contribution is 6.31. The van der Waals surface area contributed by atoms with Gasteiger partial charge in [0, 0.05) is 33.4 Å². The lowest BCUT2D eigenvalue weighted by molar-refractivity contribution is 0.235. The Morgan fingerprint density at radius 1 is 0.235 bits per heavy atom. The number of hydrogen-bond donors (Lipinski definition) is 0. The highest BCUT2D eigenvalue weighted by Gasteiger charge is 2.35. The molecule has 6 aromatic carbocycles. The van der Waals surface area contributed by atoms with Crippen LogP contribution >= 0.6 is 11.6 Å². The first-order valence-electron chi connectivity index (χ1n) is 53.5. The fraction of sp³-hybridized carbons (Fsp3) is 0.603. The van der Waals surface area contributed by atoms with E-state index in [9.17, 15) is 43.9 Å². The Labute approximate surface area is 795 Å². The van der Waals surface area contributed by atoms with E-state index in [0.29, 0.717) is 68.8 Å². The molecule has 12 aliphatic carbocycles. The van der Waals surface area contributed by atoms with Crippen LogP contribution in [-0.2, 0) is 25.7 Å². The zero-order valence-electron chi connectivity index (χ0n) is 81.4. The summed E-state index contributed by atoms with van der Waals surface area (Å²) in [4.78, 5) is 0. The zero-order chi connectivity index (χ0) is 93.0. The fourth-order valence-electron chi connectivity index (χ4n) is 25.6. The Morgan fingerprint density at radius 3 is 0.735 bits per heavy atom. The van der Waals surface area contributed by atoms with Crippen molar-refractivity contribution in [1.82, 2.24) is 0 Å². The maximum atomic E-state index is 14.6. The van der Waals surface area contributed by atoms with E-state index in [1.165, 1.54) is 217 Å². The Balaban J connectivity index is 0.000000135. The molecule has 0 aromatic heterocycles. The minimum Gasteiger partial charge on any atom is -0.206 e. The van der Waals surface area contributed by atoms with Crippen LogP contribution < -0.4 is 0 Å². The molecule has 6 saturated carbocycles. The second-order valence-corrected chi connectivity index (χ2v) is 42.6. The largest absolute Gasteiger partial charge is 0.206 e. The van der Waals surface area contributed by atoms with Crippen molar-refractivity contribution in [3.05, 3.63) is 245 Å². The third-order valence-electron chi connectivity index (χ3n) is 33.7. The quantitative estimate of drug-likeness (QED) is 0.0709. The summed E-state index contributed by atoms with van der Waals surface area (Å²) in [6.07, 6.45) is 79.2. The van der Waals surface area contributed by atoms with E-state index in [4.69, 9.17) is 11.6 Å². The molecule has 0 bridgehead atoms. The first-order chi connectivity index (χ1) is 64.2. The van der Waals surface area contributed by atoms with E-state index in [1.54, 1.807) is 61.5 Å². The fourth-order valence-corrected chi connectivity index (χ4v) is 25.8. The summed E-state index contributed by atoms with van der Waals surface area (Å²) in [5.41, 5.74) is 13.7. The molecular weight excluding hydrogens is 1680 g/mol. The molecule has 720 valence electrons. The van der Waals surface area contributed by atoms with E-state index in [-0.39, 0.29) is 11.6 Å². The van der Waals surface area contributed by atoms with Gasteiger partial charge in [-0.1, -0.05) is 360 Å². The SMILES string of the molecule is CCCc1ccc(C2=CCC(C3CCCCC3)CC2)c(F)c1Cl.CCCc1ccc(C2=CCC(C3CCCCC3)CC2)c(F)c1F.CCCc1ccc(C2=CCC(C3CCCCC3)CC2)c(F)c1F.CCc1ccc(C2=CCC(C3CCCCC3)CC2)c(F)c1F.Cc1ccc(C2=CCC(C3CCCCC3)CC2)c(F)c1.Cc1ccc(C2=CCC(C3CCCCC3)CC2)c(F)c1F. The molecule has 132 heavy (non-hydrogen) atoms. The topological polar surface area (TPSA) is 0 Å². The van der Waals surface area contributed by atoms with Gasteiger partial charge in [0.2, 0.25) is 0 Å². The van der Waals surface area contributed by atoms with Crippen LogP contribution in [-0.4, -0.2) is 0 Å². The van der Waals surface area contributed by atoms with Crippen molar-refractivity contribution in [2.24, 2.45) is 71.0 Å². The molecular formula is C121H159ClF10. The van der Waals surface area contributed by atoms with Crippen molar-refractivity contribution in [2.45, 2.75) is 395 Å². The molecule has 0 amide bonds. The molecule has 6 fully saturated rings. The van der Waals surface area contributed by atoms with Gasteiger partial charge in [-0.05, 0) is 299 Å². The van der Waals surface area contributed by atoms with E-state index in [1.807, 2.05) is 52.0 Å². The van der Waals surface area contributed by atoms with Crippen molar-refractivity contribution in [1.29, 1.82) is 0 Å². The average Bonchev–Trinajstić information content (AvgIpc) is 0.829.